The zero-order valence-corrected chi connectivity index (χ0v) is 17.5. The Hall–Kier alpha value is -4.24. The standard InChI is InChI=1S/C25H21N3O3/c1-15-18(5-4-6-22(15)27)21-14-28(23-9-7-16(13-26)11-19(21)23)17-8-10-24(30-2)20(12-17)25(29)31-3/h4-12,14H,27H2,1-3H3. The van der Waals surface area contributed by atoms with Crippen molar-refractivity contribution in [3.63, 3.8) is 0 Å². The van der Waals surface area contributed by atoms with Gasteiger partial charge in [0, 0.05) is 28.5 Å². The van der Waals surface area contributed by atoms with E-state index in [0.717, 1.165) is 33.3 Å². The molecular weight excluding hydrogens is 390 g/mol. The summed E-state index contributed by atoms with van der Waals surface area (Å²) in [6, 6.07) is 18.9. The minimum absolute atomic E-state index is 0.333. The van der Waals surface area contributed by atoms with E-state index in [2.05, 4.69) is 6.07 Å². The van der Waals surface area contributed by atoms with Gasteiger partial charge in [-0.25, -0.2) is 4.79 Å². The lowest BCUT2D eigenvalue weighted by Gasteiger charge is -2.11. The number of hydrogen-bond donors (Lipinski definition) is 1. The quantitative estimate of drug-likeness (QED) is 0.383. The molecule has 2 N–H and O–H groups in total. The van der Waals surface area contributed by atoms with Gasteiger partial charge in [-0.2, -0.15) is 5.26 Å². The van der Waals surface area contributed by atoms with Gasteiger partial charge in [0.25, 0.3) is 0 Å². The summed E-state index contributed by atoms with van der Waals surface area (Å²) in [5, 5.41) is 10.3. The number of carbonyl (C=O) groups excluding carboxylic acids is 1. The van der Waals surface area contributed by atoms with Crippen LogP contribution in [0.1, 0.15) is 21.5 Å². The zero-order chi connectivity index (χ0) is 22.1. The second-order valence-corrected chi connectivity index (χ2v) is 7.15. The molecule has 154 valence electrons. The van der Waals surface area contributed by atoms with Crippen LogP contribution >= 0.6 is 0 Å². The average Bonchev–Trinajstić information content (AvgIpc) is 3.18. The minimum Gasteiger partial charge on any atom is -0.496 e. The van der Waals surface area contributed by atoms with Crippen LogP contribution < -0.4 is 10.5 Å². The van der Waals surface area contributed by atoms with Gasteiger partial charge >= 0.3 is 5.97 Å². The number of ether oxygens (including phenoxy) is 2. The molecule has 31 heavy (non-hydrogen) atoms. The monoisotopic (exact) mass is 411 g/mol. The van der Waals surface area contributed by atoms with Gasteiger partial charge in [-0.15, -0.1) is 0 Å². The van der Waals surface area contributed by atoms with Crippen molar-refractivity contribution in [2.75, 3.05) is 20.0 Å². The van der Waals surface area contributed by atoms with E-state index in [9.17, 15) is 10.1 Å². The van der Waals surface area contributed by atoms with E-state index < -0.39 is 5.97 Å². The maximum Gasteiger partial charge on any atom is 0.341 e. The third-order valence-corrected chi connectivity index (χ3v) is 5.47. The molecular formula is C25H21N3O3. The summed E-state index contributed by atoms with van der Waals surface area (Å²) in [5.41, 5.74) is 12.3. The highest BCUT2D eigenvalue weighted by Gasteiger charge is 2.18. The summed E-state index contributed by atoms with van der Waals surface area (Å²) >= 11 is 0. The second-order valence-electron chi connectivity index (χ2n) is 7.15. The van der Waals surface area contributed by atoms with Crippen LogP contribution in [0.15, 0.2) is 60.8 Å². The normalized spacial score (nSPS) is 10.6. The van der Waals surface area contributed by atoms with E-state index >= 15 is 0 Å². The van der Waals surface area contributed by atoms with Gasteiger partial charge in [-0.05, 0) is 60.5 Å². The first-order valence-electron chi connectivity index (χ1n) is 9.66. The topological polar surface area (TPSA) is 90.3 Å². The first-order valence-corrected chi connectivity index (χ1v) is 9.66. The SMILES string of the molecule is COC(=O)c1cc(-n2cc(-c3cccc(N)c3C)c3cc(C#N)ccc32)ccc1OC. The Morgan fingerprint density at radius 3 is 2.58 bits per heavy atom. The molecule has 0 bridgehead atoms. The van der Waals surface area contributed by atoms with Gasteiger partial charge in [-0.3, -0.25) is 0 Å². The molecule has 0 atom stereocenters. The Morgan fingerprint density at radius 1 is 1.06 bits per heavy atom. The first-order chi connectivity index (χ1) is 15.0. The molecule has 1 heterocycles. The van der Waals surface area contributed by atoms with Crippen molar-refractivity contribution in [2.24, 2.45) is 0 Å². The Balaban J connectivity index is 2.02. The highest BCUT2D eigenvalue weighted by molar-refractivity contribution is 5.99. The number of aromatic nitrogens is 1. The third kappa shape index (κ3) is 3.36. The lowest BCUT2D eigenvalue weighted by Crippen LogP contribution is -2.05. The molecule has 0 aliphatic carbocycles. The summed E-state index contributed by atoms with van der Waals surface area (Å²) in [5.74, 6) is -0.0421. The van der Waals surface area contributed by atoms with Crippen LogP contribution in [0.25, 0.3) is 27.7 Å². The average molecular weight is 411 g/mol. The van der Waals surface area contributed by atoms with E-state index in [1.807, 2.05) is 54.1 Å². The van der Waals surface area contributed by atoms with E-state index in [0.29, 0.717) is 22.6 Å². The first kappa shape index (κ1) is 20.0. The van der Waals surface area contributed by atoms with Gasteiger partial charge in [0.05, 0.1) is 31.4 Å². The van der Waals surface area contributed by atoms with Crippen LogP contribution in [0.5, 0.6) is 5.75 Å². The molecule has 0 spiro atoms. The number of rotatable bonds is 4. The molecule has 4 rings (SSSR count). The van der Waals surface area contributed by atoms with Crippen molar-refractivity contribution in [1.82, 2.24) is 4.57 Å². The number of carbonyl (C=O) groups is 1. The number of fused-ring (bicyclic) bond motifs is 1. The van der Waals surface area contributed by atoms with Crippen molar-refractivity contribution in [3.8, 4) is 28.6 Å². The molecule has 0 fully saturated rings. The van der Waals surface area contributed by atoms with Gasteiger partial charge in [0.15, 0.2) is 0 Å². The number of methoxy groups -OCH3 is 2. The second kappa shape index (κ2) is 7.88. The number of nitrogens with two attached hydrogens (primary N) is 1. The molecule has 0 radical (unpaired) electrons. The number of nitriles is 1. The number of nitrogen functional groups attached to an aromatic ring is 1. The van der Waals surface area contributed by atoms with Crippen molar-refractivity contribution < 1.29 is 14.3 Å². The molecule has 0 aliphatic rings. The van der Waals surface area contributed by atoms with Crippen molar-refractivity contribution in [3.05, 3.63) is 77.5 Å². The molecule has 3 aromatic carbocycles. The lowest BCUT2D eigenvalue weighted by molar-refractivity contribution is 0.0597. The van der Waals surface area contributed by atoms with Gasteiger partial charge in [0.1, 0.15) is 11.3 Å². The maximum absolute atomic E-state index is 12.3. The Morgan fingerprint density at radius 2 is 1.87 bits per heavy atom. The largest absolute Gasteiger partial charge is 0.496 e. The summed E-state index contributed by atoms with van der Waals surface area (Å²) in [7, 11) is 2.85. The third-order valence-electron chi connectivity index (χ3n) is 5.47. The zero-order valence-electron chi connectivity index (χ0n) is 17.5. The molecule has 0 aliphatic heterocycles. The van der Waals surface area contributed by atoms with Crippen molar-refractivity contribution in [1.29, 1.82) is 5.26 Å². The fraction of sp³-hybridized carbons (Fsp3) is 0.120. The Labute approximate surface area is 180 Å². The van der Waals surface area contributed by atoms with Crippen LogP contribution in [0.4, 0.5) is 5.69 Å². The van der Waals surface area contributed by atoms with Crippen molar-refractivity contribution >= 4 is 22.6 Å². The van der Waals surface area contributed by atoms with Crippen LogP contribution in [0.3, 0.4) is 0 Å². The smallest absolute Gasteiger partial charge is 0.341 e. The number of benzene rings is 3. The lowest BCUT2D eigenvalue weighted by atomic mass is 9.98. The van der Waals surface area contributed by atoms with Gasteiger partial charge in [-0.1, -0.05) is 12.1 Å². The summed E-state index contributed by atoms with van der Waals surface area (Å²) in [4.78, 5) is 12.3. The molecule has 1 aromatic heterocycles. The van der Waals surface area contributed by atoms with E-state index in [1.54, 1.807) is 18.2 Å². The summed E-state index contributed by atoms with van der Waals surface area (Å²) < 4.78 is 12.2. The molecule has 6 heteroatoms. The minimum atomic E-state index is -0.478. The van der Waals surface area contributed by atoms with E-state index in [-0.39, 0.29) is 0 Å². The van der Waals surface area contributed by atoms with Crippen LogP contribution in [-0.2, 0) is 4.74 Å². The molecule has 0 saturated carbocycles. The highest BCUT2D eigenvalue weighted by Crippen LogP contribution is 2.37. The van der Waals surface area contributed by atoms with Gasteiger partial charge < -0.3 is 19.8 Å². The number of anilines is 1. The summed E-state index contributed by atoms with van der Waals surface area (Å²) in [6.07, 6.45) is 2.00. The number of esters is 1. The Kier molecular flexibility index (Phi) is 5.10. The van der Waals surface area contributed by atoms with Crippen LogP contribution in [-0.4, -0.2) is 24.8 Å². The molecule has 0 saturated heterocycles. The fourth-order valence-corrected chi connectivity index (χ4v) is 3.79. The summed E-state index contributed by atoms with van der Waals surface area (Å²) in [6.45, 7) is 1.98. The van der Waals surface area contributed by atoms with E-state index in [4.69, 9.17) is 15.2 Å². The fourth-order valence-electron chi connectivity index (χ4n) is 3.79. The highest BCUT2D eigenvalue weighted by atomic mass is 16.5. The molecule has 0 amide bonds. The number of nitrogens with zero attached hydrogens (tertiary/aromatic N) is 2. The predicted molar refractivity (Wildman–Crippen MR) is 120 cm³/mol. The van der Waals surface area contributed by atoms with Crippen LogP contribution in [0, 0.1) is 18.3 Å². The van der Waals surface area contributed by atoms with Crippen molar-refractivity contribution in [2.45, 2.75) is 6.92 Å². The molecule has 4 aromatic rings. The van der Waals surface area contributed by atoms with Gasteiger partial charge in [0.2, 0.25) is 0 Å². The maximum atomic E-state index is 12.3. The number of hydrogen-bond acceptors (Lipinski definition) is 5. The van der Waals surface area contributed by atoms with Crippen LogP contribution in [0.2, 0.25) is 0 Å². The molecule has 0 unspecified atom stereocenters. The Bertz CT molecular complexity index is 1360. The predicted octanol–water partition coefficient (Wildman–Crippen LogP) is 4.86. The molecule has 6 nitrogen and oxygen atoms in total. The van der Waals surface area contributed by atoms with E-state index in [1.165, 1.54) is 14.2 Å².